The number of piperidine rings is 1. The van der Waals surface area contributed by atoms with Crippen LogP contribution in [0, 0.1) is 5.92 Å². The Morgan fingerprint density at radius 1 is 1.28 bits per heavy atom. The van der Waals surface area contributed by atoms with E-state index in [2.05, 4.69) is 21.2 Å². The maximum Gasteiger partial charge on any atom is 0.263 e. The van der Waals surface area contributed by atoms with Gasteiger partial charge in [0, 0.05) is 17.6 Å². The molecule has 2 heterocycles. The first kappa shape index (κ1) is 18.1. The van der Waals surface area contributed by atoms with Gasteiger partial charge in [0.05, 0.1) is 16.8 Å². The van der Waals surface area contributed by atoms with Crippen LogP contribution in [0.1, 0.15) is 41.0 Å². The van der Waals surface area contributed by atoms with Gasteiger partial charge in [-0.05, 0) is 48.9 Å². The predicted molar refractivity (Wildman–Crippen MR) is 104 cm³/mol. The fourth-order valence-corrected chi connectivity index (χ4v) is 4.05. The fraction of sp³-hybridized carbons (Fsp3) is 0.368. The lowest BCUT2D eigenvalue weighted by Crippen LogP contribution is -2.45. The zero-order valence-electron chi connectivity index (χ0n) is 14.1. The minimum Gasteiger partial charge on any atom is -0.349 e. The molecule has 1 saturated heterocycles. The van der Waals surface area contributed by atoms with E-state index in [0.29, 0.717) is 6.54 Å². The van der Waals surface area contributed by atoms with Crippen LogP contribution in [0.3, 0.4) is 0 Å². The summed E-state index contributed by atoms with van der Waals surface area (Å²) in [5.41, 5.74) is 1.07. The molecule has 0 radical (unpaired) electrons. The predicted octanol–water partition coefficient (Wildman–Crippen LogP) is 4.24. The molecule has 0 spiro atoms. The van der Waals surface area contributed by atoms with E-state index < -0.39 is 0 Å². The Hall–Kier alpha value is -1.66. The number of hydrogen-bond donors (Lipinski definition) is 1. The van der Waals surface area contributed by atoms with Gasteiger partial charge < -0.3 is 10.2 Å². The number of thiophene rings is 1. The summed E-state index contributed by atoms with van der Waals surface area (Å²) in [6, 6.07) is 11.6. The van der Waals surface area contributed by atoms with Crippen molar-refractivity contribution in [1.29, 1.82) is 0 Å². The van der Waals surface area contributed by atoms with Crippen molar-refractivity contribution in [3.05, 3.63) is 56.7 Å². The first-order valence-corrected chi connectivity index (χ1v) is 10.1. The Bertz CT molecular complexity index is 730. The number of nitrogens with zero attached hydrogens (tertiary/aromatic N) is 1. The Morgan fingerprint density at radius 3 is 2.72 bits per heavy atom. The average Bonchev–Trinajstić information content (AvgIpc) is 3.16. The Morgan fingerprint density at radius 2 is 2.04 bits per heavy atom. The molecule has 6 heteroatoms. The van der Waals surface area contributed by atoms with Crippen molar-refractivity contribution in [2.24, 2.45) is 5.92 Å². The molecule has 0 bridgehead atoms. The molecule has 1 aromatic heterocycles. The minimum absolute atomic E-state index is 0.0269. The van der Waals surface area contributed by atoms with Crippen LogP contribution in [-0.4, -0.2) is 29.8 Å². The summed E-state index contributed by atoms with van der Waals surface area (Å²) in [5, 5.41) is 4.99. The fourth-order valence-electron chi connectivity index (χ4n) is 3.10. The van der Waals surface area contributed by atoms with Gasteiger partial charge in [-0.15, -0.1) is 11.3 Å². The number of likely N-dealkylation sites (tertiary alicyclic amines) is 1. The van der Waals surface area contributed by atoms with Gasteiger partial charge in [0.15, 0.2) is 0 Å². The molecule has 0 aliphatic carbocycles. The lowest BCUT2D eigenvalue weighted by Gasteiger charge is -2.32. The molecule has 1 fully saturated rings. The number of amides is 2. The van der Waals surface area contributed by atoms with Crippen molar-refractivity contribution in [3.63, 3.8) is 0 Å². The second-order valence-electron chi connectivity index (χ2n) is 6.35. The molecule has 132 valence electrons. The van der Waals surface area contributed by atoms with Crippen LogP contribution >= 0.6 is 27.3 Å². The minimum atomic E-state index is -0.143. The van der Waals surface area contributed by atoms with Crippen molar-refractivity contribution in [2.45, 2.75) is 25.8 Å². The second kappa shape index (κ2) is 8.15. The van der Waals surface area contributed by atoms with Crippen LogP contribution in [0.25, 0.3) is 0 Å². The molecule has 3 rings (SSSR count). The van der Waals surface area contributed by atoms with Crippen LogP contribution in [0.5, 0.6) is 0 Å². The van der Waals surface area contributed by atoms with Crippen molar-refractivity contribution in [1.82, 2.24) is 10.2 Å². The Balaban J connectivity index is 1.60. The van der Waals surface area contributed by atoms with Gasteiger partial charge in [0.25, 0.3) is 5.91 Å². The van der Waals surface area contributed by atoms with Crippen molar-refractivity contribution < 1.29 is 9.59 Å². The van der Waals surface area contributed by atoms with Crippen LogP contribution in [-0.2, 0) is 4.79 Å². The molecule has 2 aromatic rings. The lowest BCUT2D eigenvalue weighted by molar-refractivity contribution is -0.127. The number of hydrogen-bond acceptors (Lipinski definition) is 3. The highest BCUT2D eigenvalue weighted by Gasteiger charge is 2.29. The van der Waals surface area contributed by atoms with Crippen molar-refractivity contribution >= 4 is 39.1 Å². The summed E-state index contributed by atoms with van der Waals surface area (Å²) in [4.78, 5) is 27.7. The van der Waals surface area contributed by atoms with Crippen LogP contribution in [0.4, 0.5) is 0 Å². The number of carbonyl (C=O) groups excluding carboxylic acids is 2. The van der Waals surface area contributed by atoms with Crippen LogP contribution in [0.15, 0.2) is 46.3 Å². The summed E-state index contributed by atoms with van der Waals surface area (Å²) in [6.45, 7) is 3.21. The van der Waals surface area contributed by atoms with Gasteiger partial charge in [-0.2, -0.15) is 0 Å². The van der Waals surface area contributed by atoms with Crippen molar-refractivity contribution in [2.75, 3.05) is 13.1 Å². The normalized spacial score (nSPS) is 18.6. The van der Waals surface area contributed by atoms with E-state index in [1.54, 1.807) is 0 Å². The number of carbonyl (C=O) groups is 2. The lowest BCUT2D eigenvalue weighted by atomic mass is 9.96. The molecule has 2 atom stereocenters. The smallest absolute Gasteiger partial charge is 0.263 e. The zero-order chi connectivity index (χ0) is 17.8. The third-order valence-electron chi connectivity index (χ3n) is 4.54. The quantitative estimate of drug-likeness (QED) is 0.803. The van der Waals surface area contributed by atoms with E-state index in [-0.39, 0.29) is 23.8 Å². The third-order valence-corrected chi connectivity index (χ3v) is 5.93. The molecule has 2 amide bonds. The van der Waals surface area contributed by atoms with E-state index in [0.717, 1.165) is 34.3 Å². The van der Waals surface area contributed by atoms with Gasteiger partial charge in [-0.3, -0.25) is 9.59 Å². The highest BCUT2D eigenvalue weighted by Crippen LogP contribution is 2.22. The van der Waals surface area contributed by atoms with Crippen molar-refractivity contribution in [3.8, 4) is 0 Å². The molecular weight excluding hydrogens is 400 g/mol. The summed E-state index contributed by atoms with van der Waals surface area (Å²) in [7, 11) is 0. The van der Waals surface area contributed by atoms with Gasteiger partial charge in [0.1, 0.15) is 0 Å². The van der Waals surface area contributed by atoms with Crippen LogP contribution in [0.2, 0.25) is 0 Å². The Kier molecular flexibility index (Phi) is 5.91. The van der Waals surface area contributed by atoms with Gasteiger partial charge >= 0.3 is 0 Å². The summed E-state index contributed by atoms with van der Waals surface area (Å²) in [6.07, 6.45) is 1.69. The highest BCUT2D eigenvalue weighted by atomic mass is 79.9. The highest BCUT2D eigenvalue weighted by molar-refractivity contribution is 9.10. The molecule has 1 aromatic carbocycles. The van der Waals surface area contributed by atoms with E-state index >= 15 is 0 Å². The first-order valence-electron chi connectivity index (χ1n) is 8.43. The average molecular weight is 421 g/mol. The second-order valence-corrected chi connectivity index (χ2v) is 8.21. The van der Waals surface area contributed by atoms with E-state index in [9.17, 15) is 9.59 Å². The molecule has 0 saturated carbocycles. The number of benzene rings is 1. The summed E-state index contributed by atoms with van der Waals surface area (Å²) in [5.74, 6) is -0.0804. The molecular formula is C19H21BrN2O2S. The van der Waals surface area contributed by atoms with Crippen LogP contribution < -0.4 is 5.32 Å². The van der Waals surface area contributed by atoms with E-state index in [4.69, 9.17) is 0 Å². The largest absolute Gasteiger partial charge is 0.349 e. The van der Waals surface area contributed by atoms with Gasteiger partial charge in [0.2, 0.25) is 5.91 Å². The summed E-state index contributed by atoms with van der Waals surface area (Å²) < 4.78 is 1.02. The monoisotopic (exact) mass is 420 g/mol. The zero-order valence-corrected chi connectivity index (χ0v) is 16.5. The third kappa shape index (κ3) is 4.50. The maximum absolute atomic E-state index is 12.6. The van der Waals surface area contributed by atoms with Gasteiger partial charge in [-0.1, -0.05) is 34.1 Å². The maximum atomic E-state index is 12.6. The number of rotatable bonds is 4. The molecule has 4 nitrogen and oxygen atoms in total. The molecule has 1 aliphatic heterocycles. The Labute approximate surface area is 160 Å². The topological polar surface area (TPSA) is 49.4 Å². The SMILES string of the molecule is C[C@@H](NC(=O)[C@H]1CCCN(C(=O)c2cccs2)C1)c1ccc(Br)cc1. The molecule has 25 heavy (non-hydrogen) atoms. The molecule has 1 aliphatic rings. The number of nitrogens with one attached hydrogen (secondary N) is 1. The molecule has 0 unspecified atom stereocenters. The molecule has 1 N–H and O–H groups in total. The van der Waals surface area contributed by atoms with Gasteiger partial charge in [-0.25, -0.2) is 0 Å². The standard InChI is InChI=1S/C19H21BrN2O2S/c1-13(14-6-8-16(20)9-7-14)21-18(23)15-4-2-10-22(12-15)19(24)17-5-3-11-25-17/h3,5-9,11,13,15H,2,4,10,12H2,1H3,(H,21,23)/t13-,15+/m1/s1. The number of halogens is 1. The van der Waals surface area contributed by atoms with E-state index in [1.165, 1.54) is 11.3 Å². The van der Waals surface area contributed by atoms with E-state index in [1.807, 2.05) is 53.6 Å². The first-order chi connectivity index (χ1) is 12.0. The summed E-state index contributed by atoms with van der Waals surface area (Å²) >= 11 is 4.87.